The molecule has 4 heteroatoms. The standard InChI is InChI=1S/C16H24N2O2/c19-15(5-8-18-9-6-17-7-10-18)13-3-4-16-14(12-13)2-1-11-20-16/h3-4,12,15,17,19H,1-2,5-11H2. The van der Waals surface area contributed by atoms with Crippen LogP contribution in [-0.2, 0) is 6.42 Å². The molecule has 4 nitrogen and oxygen atoms in total. The van der Waals surface area contributed by atoms with Crippen molar-refractivity contribution in [3.05, 3.63) is 29.3 Å². The minimum Gasteiger partial charge on any atom is -0.493 e. The van der Waals surface area contributed by atoms with E-state index >= 15 is 0 Å². The maximum Gasteiger partial charge on any atom is 0.122 e. The third kappa shape index (κ3) is 3.32. The van der Waals surface area contributed by atoms with Crippen molar-refractivity contribution in [1.29, 1.82) is 0 Å². The molecule has 1 atom stereocenters. The van der Waals surface area contributed by atoms with Gasteiger partial charge in [0.05, 0.1) is 12.7 Å². The Kier molecular flexibility index (Phi) is 4.55. The van der Waals surface area contributed by atoms with Crippen molar-refractivity contribution in [2.24, 2.45) is 0 Å². The first-order valence-corrected chi connectivity index (χ1v) is 7.70. The molecule has 3 rings (SSSR count). The third-order valence-corrected chi connectivity index (χ3v) is 4.25. The molecule has 20 heavy (non-hydrogen) atoms. The number of piperazine rings is 1. The van der Waals surface area contributed by atoms with E-state index in [9.17, 15) is 5.11 Å². The first-order valence-electron chi connectivity index (χ1n) is 7.70. The van der Waals surface area contributed by atoms with Gasteiger partial charge in [-0.05, 0) is 42.5 Å². The molecule has 1 saturated heterocycles. The van der Waals surface area contributed by atoms with E-state index in [1.54, 1.807) is 0 Å². The zero-order valence-corrected chi connectivity index (χ0v) is 12.0. The number of ether oxygens (including phenoxy) is 1. The second kappa shape index (κ2) is 6.57. The van der Waals surface area contributed by atoms with Crippen molar-refractivity contribution in [2.45, 2.75) is 25.4 Å². The molecule has 110 valence electrons. The summed E-state index contributed by atoms with van der Waals surface area (Å²) in [7, 11) is 0. The Labute approximate surface area is 120 Å². The van der Waals surface area contributed by atoms with E-state index in [1.165, 1.54) is 5.56 Å². The number of nitrogens with zero attached hydrogens (tertiary/aromatic N) is 1. The van der Waals surface area contributed by atoms with Gasteiger partial charge in [-0.15, -0.1) is 0 Å². The van der Waals surface area contributed by atoms with E-state index in [2.05, 4.69) is 16.3 Å². The largest absolute Gasteiger partial charge is 0.493 e. The van der Waals surface area contributed by atoms with Gasteiger partial charge in [0.15, 0.2) is 0 Å². The van der Waals surface area contributed by atoms with Gasteiger partial charge in [0.25, 0.3) is 0 Å². The molecule has 0 radical (unpaired) electrons. The van der Waals surface area contributed by atoms with Gasteiger partial charge in [0.1, 0.15) is 5.75 Å². The first-order chi connectivity index (χ1) is 9.83. The fourth-order valence-electron chi connectivity index (χ4n) is 2.99. The van der Waals surface area contributed by atoms with Crippen LogP contribution in [0.4, 0.5) is 0 Å². The Morgan fingerprint density at radius 2 is 2.15 bits per heavy atom. The van der Waals surface area contributed by atoms with Gasteiger partial charge < -0.3 is 20.1 Å². The minimum absolute atomic E-state index is 0.364. The summed E-state index contributed by atoms with van der Waals surface area (Å²) < 4.78 is 5.62. The number of hydrogen-bond acceptors (Lipinski definition) is 4. The molecule has 0 bridgehead atoms. The van der Waals surface area contributed by atoms with E-state index in [0.717, 1.165) is 69.9 Å². The molecule has 1 fully saturated rings. The van der Waals surface area contributed by atoms with Crippen molar-refractivity contribution in [2.75, 3.05) is 39.3 Å². The number of nitrogens with one attached hydrogen (secondary N) is 1. The molecular formula is C16H24N2O2. The Morgan fingerprint density at radius 3 is 3.00 bits per heavy atom. The summed E-state index contributed by atoms with van der Waals surface area (Å²) in [4.78, 5) is 2.42. The summed E-state index contributed by atoms with van der Waals surface area (Å²) in [5, 5.41) is 13.7. The van der Waals surface area contributed by atoms with Crippen molar-refractivity contribution in [3.63, 3.8) is 0 Å². The molecule has 0 aromatic heterocycles. The van der Waals surface area contributed by atoms with Gasteiger partial charge in [-0.25, -0.2) is 0 Å². The summed E-state index contributed by atoms with van der Waals surface area (Å²) in [6.45, 7) is 6.09. The van der Waals surface area contributed by atoms with E-state index < -0.39 is 0 Å². The molecule has 0 spiro atoms. The zero-order valence-electron chi connectivity index (χ0n) is 12.0. The molecular weight excluding hydrogens is 252 g/mol. The van der Waals surface area contributed by atoms with Crippen molar-refractivity contribution in [1.82, 2.24) is 10.2 Å². The molecule has 0 saturated carbocycles. The van der Waals surface area contributed by atoms with Gasteiger partial charge in [-0.2, -0.15) is 0 Å². The van der Waals surface area contributed by atoms with Crippen LogP contribution in [-0.4, -0.2) is 49.3 Å². The Balaban J connectivity index is 1.57. The normalized spacial score (nSPS) is 21.1. The second-order valence-electron chi connectivity index (χ2n) is 5.72. The number of rotatable bonds is 4. The minimum atomic E-state index is -0.364. The fourth-order valence-corrected chi connectivity index (χ4v) is 2.99. The van der Waals surface area contributed by atoms with Crippen LogP contribution >= 0.6 is 0 Å². The molecule has 2 aliphatic rings. The highest BCUT2D eigenvalue weighted by Crippen LogP contribution is 2.28. The van der Waals surface area contributed by atoms with Crippen LogP contribution in [0.1, 0.15) is 30.1 Å². The first kappa shape index (κ1) is 13.9. The number of aryl methyl sites for hydroxylation is 1. The van der Waals surface area contributed by atoms with Crippen LogP contribution in [0, 0.1) is 0 Å². The van der Waals surface area contributed by atoms with Gasteiger partial charge in [0, 0.05) is 32.7 Å². The van der Waals surface area contributed by atoms with E-state index in [4.69, 9.17) is 4.74 Å². The number of fused-ring (bicyclic) bond motifs is 1. The maximum absolute atomic E-state index is 10.4. The van der Waals surface area contributed by atoms with Crippen molar-refractivity contribution >= 4 is 0 Å². The van der Waals surface area contributed by atoms with Gasteiger partial charge in [-0.3, -0.25) is 0 Å². The zero-order chi connectivity index (χ0) is 13.8. The lowest BCUT2D eigenvalue weighted by atomic mass is 9.99. The monoisotopic (exact) mass is 276 g/mol. The quantitative estimate of drug-likeness (QED) is 0.871. The molecule has 0 amide bonds. The highest BCUT2D eigenvalue weighted by atomic mass is 16.5. The summed E-state index contributed by atoms with van der Waals surface area (Å²) in [6.07, 6.45) is 2.58. The van der Waals surface area contributed by atoms with Crippen LogP contribution < -0.4 is 10.1 Å². The molecule has 1 unspecified atom stereocenters. The number of aliphatic hydroxyl groups is 1. The second-order valence-corrected chi connectivity index (χ2v) is 5.72. The van der Waals surface area contributed by atoms with Crippen LogP contribution in [0.15, 0.2) is 18.2 Å². The molecule has 2 heterocycles. The Morgan fingerprint density at radius 1 is 1.30 bits per heavy atom. The number of benzene rings is 1. The van der Waals surface area contributed by atoms with Crippen LogP contribution in [0.3, 0.4) is 0 Å². The summed E-state index contributed by atoms with van der Waals surface area (Å²) in [5.74, 6) is 0.995. The van der Waals surface area contributed by atoms with Crippen LogP contribution in [0.25, 0.3) is 0 Å². The van der Waals surface area contributed by atoms with E-state index in [1.807, 2.05) is 12.1 Å². The Bertz CT molecular complexity index is 444. The topological polar surface area (TPSA) is 44.7 Å². The predicted molar refractivity (Wildman–Crippen MR) is 79.1 cm³/mol. The van der Waals surface area contributed by atoms with Gasteiger partial charge >= 0.3 is 0 Å². The molecule has 1 aromatic carbocycles. The van der Waals surface area contributed by atoms with E-state index in [-0.39, 0.29) is 6.10 Å². The lowest BCUT2D eigenvalue weighted by Gasteiger charge is -2.28. The molecule has 0 aliphatic carbocycles. The lowest BCUT2D eigenvalue weighted by Crippen LogP contribution is -2.44. The predicted octanol–water partition coefficient (Wildman–Crippen LogP) is 1.34. The van der Waals surface area contributed by atoms with Crippen LogP contribution in [0.5, 0.6) is 5.75 Å². The van der Waals surface area contributed by atoms with Crippen molar-refractivity contribution < 1.29 is 9.84 Å². The average Bonchev–Trinajstić information content (AvgIpc) is 2.53. The fraction of sp³-hybridized carbons (Fsp3) is 0.625. The van der Waals surface area contributed by atoms with Crippen LogP contribution in [0.2, 0.25) is 0 Å². The summed E-state index contributed by atoms with van der Waals surface area (Å²) in [6, 6.07) is 6.14. The third-order valence-electron chi connectivity index (χ3n) is 4.25. The SMILES string of the molecule is OC(CCN1CCNCC1)c1ccc2c(c1)CCCO2. The molecule has 2 N–H and O–H groups in total. The van der Waals surface area contributed by atoms with E-state index in [0.29, 0.717) is 0 Å². The van der Waals surface area contributed by atoms with Gasteiger partial charge in [0.2, 0.25) is 0 Å². The molecule has 2 aliphatic heterocycles. The average molecular weight is 276 g/mol. The maximum atomic E-state index is 10.4. The number of aliphatic hydroxyl groups excluding tert-OH is 1. The summed E-state index contributed by atoms with van der Waals surface area (Å²) >= 11 is 0. The number of hydrogen-bond donors (Lipinski definition) is 2. The van der Waals surface area contributed by atoms with Crippen molar-refractivity contribution in [3.8, 4) is 5.75 Å². The smallest absolute Gasteiger partial charge is 0.122 e. The van der Waals surface area contributed by atoms with Gasteiger partial charge in [-0.1, -0.05) is 6.07 Å². The summed E-state index contributed by atoms with van der Waals surface area (Å²) in [5.41, 5.74) is 2.28. The molecule has 1 aromatic rings. The highest BCUT2D eigenvalue weighted by molar-refractivity contribution is 5.39. The Hall–Kier alpha value is -1.10. The lowest BCUT2D eigenvalue weighted by molar-refractivity contribution is 0.136. The highest BCUT2D eigenvalue weighted by Gasteiger charge is 2.16.